The molecule has 1 aliphatic rings. The van der Waals surface area contributed by atoms with Crippen LogP contribution in [0.15, 0.2) is 6.20 Å². The number of rotatable bonds is 0. The van der Waals surface area contributed by atoms with E-state index < -0.39 is 0 Å². The Morgan fingerprint density at radius 1 is 1.55 bits per heavy atom. The van der Waals surface area contributed by atoms with Gasteiger partial charge in [0.2, 0.25) is 0 Å². The van der Waals surface area contributed by atoms with Crippen LogP contribution in [0.4, 0.5) is 5.82 Å². The number of H-pyrrole nitrogens is 1. The highest BCUT2D eigenvalue weighted by atomic mass is 32.1. The first-order valence-corrected chi connectivity index (χ1v) is 3.58. The summed E-state index contributed by atoms with van der Waals surface area (Å²) in [5, 5.41) is 11.8. The van der Waals surface area contributed by atoms with Crippen molar-refractivity contribution in [3.05, 3.63) is 11.8 Å². The van der Waals surface area contributed by atoms with Gasteiger partial charge in [-0.05, 0) is 0 Å². The summed E-state index contributed by atoms with van der Waals surface area (Å²) in [6, 6.07) is 0. The smallest absolute Gasteiger partial charge is 0.258 e. The molecular formula is C5H6N4OS. The molecule has 2 heterocycles. The molecular weight excluding hydrogens is 164 g/mol. The van der Waals surface area contributed by atoms with E-state index in [-0.39, 0.29) is 11.4 Å². The Balaban J connectivity index is 2.44. The van der Waals surface area contributed by atoms with Crippen molar-refractivity contribution in [1.82, 2.24) is 15.5 Å². The summed E-state index contributed by atoms with van der Waals surface area (Å²) in [7, 11) is 0. The number of aromatic nitrogens is 2. The Morgan fingerprint density at radius 3 is 3.18 bits per heavy atom. The number of amides is 1. The monoisotopic (exact) mass is 170 g/mol. The van der Waals surface area contributed by atoms with E-state index in [0.29, 0.717) is 11.4 Å². The molecule has 0 saturated carbocycles. The van der Waals surface area contributed by atoms with Crippen molar-refractivity contribution in [2.45, 2.75) is 5.50 Å². The van der Waals surface area contributed by atoms with Crippen molar-refractivity contribution in [3.8, 4) is 0 Å². The summed E-state index contributed by atoms with van der Waals surface area (Å²) in [5.41, 5.74) is 0.186. The first-order chi connectivity index (χ1) is 5.27. The molecule has 1 aromatic heterocycles. The van der Waals surface area contributed by atoms with Crippen LogP contribution >= 0.6 is 12.6 Å². The van der Waals surface area contributed by atoms with E-state index in [2.05, 4.69) is 33.5 Å². The van der Waals surface area contributed by atoms with Crippen LogP contribution < -0.4 is 10.6 Å². The van der Waals surface area contributed by atoms with E-state index in [1.807, 2.05) is 0 Å². The summed E-state index contributed by atoms with van der Waals surface area (Å²) in [4.78, 5) is 11.1. The van der Waals surface area contributed by atoms with Crippen molar-refractivity contribution in [3.63, 3.8) is 0 Å². The first-order valence-electron chi connectivity index (χ1n) is 3.06. The molecule has 1 atom stereocenters. The van der Waals surface area contributed by atoms with E-state index in [1.54, 1.807) is 0 Å². The molecule has 5 nitrogen and oxygen atoms in total. The van der Waals surface area contributed by atoms with Gasteiger partial charge in [-0.2, -0.15) is 5.10 Å². The van der Waals surface area contributed by atoms with Gasteiger partial charge < -0.3 is 10.6 Å². The number of carbonyl (C=O) groups is 1. The van der Waals surface area contributed by atoms with E-state index >= 15 is 0 Å². The molecule has 0 bridgehead atoms. The van der Waals surface area contributed by atoms with Crippen molar-refractivity contribution in [2.75, 3.05) is 5.32 Å². The fourth-order valence-corrected chi connectivity index (χ4v) is 1.19. The number of anilines is 1. The number of nitrogens with one attached hydrogen (secondary N) is 3. The van der Waals surface area contributed by atoms with Crippen LogP contribution in [0.1, 0.15) is 10.4 Å². The predicted molar refractivity (Wildman–Crippen MR) is 42.5 cm³/mol. The number of nitrogens with zero attached hydrogens (tertiary/aromatic N) is 1. The van der Waals surface area contributed by atoms with Crippen molar-refractivity contribution >= 4 is 24.4 Å². The highest BCUT2D eigenvalue weighted by molar-refractivity contribution is 7.81. The zero-order valence-corrected chi connectivity index (χ0v) is 6.35. The van der Waals surface area contributed by atoms with Crippen LogP contribution in [0, 0.1) is 0 Å². The third-order valence-corrected chi connectivity index (χ3v) is 1.69. The number of thiol groups is 1. The third-order valence-electron chi connectivity index (χ3n) is 1.43. The molecule has 1 aromatic rings. The number of hydrogen-bond acceptors (Lipinski definition) is 4. The molecule has 0 spiro atoms. The Morgan fingerprint density at radius 2 is 2.36 bits per heavy atom. The minimum atomic E-state index is -0.338. The van der Waals surface area contributed by atoms with Gasteiger partial charge in [0.05, 0.1) is 6.20 Å². The van der Waals surface area contributed by atoms with Gasteiger partial charge >= 0.3 is 0 Å². The van der Waals surface area contributed by atoms with Crippen molar-refractivity contribution < 1.29 is 4.79 Å². The van der Waals surface area contributed by atoms with Gasteiger partial charge in [-0.1, -0.05) is 0 Å². The molecule has 3 N–H and O–H groups in total. The molecule has 6 heteroatoms. The van der Waals surface area contributed by atoms with Gasteiger partial charge in [0.1, 0.15) is 16.9 Å². The molecule has 1 amide bonds. The molecule has 2 rings (SSSR count). The summed E-state index contributed by atoms with van der Waals surface area (Å²) in [6.45, 7) is 0. The topological polar surface area (TPSA) is 69.8 Å². The second-order valence-electron chi connectivity index (χ2n) is 2.18. The minimum Gasteiger partial charge on any atom is -0.341 e. The van der Waals surface area contributed by atoms with Crippen LogP contribution in [0.25, 0.3) is 0 Å². The second kappa shape index (κ2) is 2.16. The maximum absolute atomic E-state index is 11.1. The minimum absolute atomic E-state index is 0.160. The summed E-state index contributed by atoms with van der Waals surface area (Å²) < 4.78 is 0. The Labute approximate surface area is 68.0 Å². The van der Waals surface area contributed by atoms with Gasteiger partial charge in [-0.3, -0.25) is 9.89 Å². The first kappa shape index (κ1) is 6.53. The quantitative estimate of drug-likeness (QED) is 0.407. The van der Waals surface area contributed by atoms with E-state index in [4.69, 9.17) is 0 Å². The van der Waals surface area contributed by atoms with Gasteiger partial charge in [0.25, 0.3) is 5.91 Å². The summed E-state index contributed by atoms with van der Waals surface area (Å²) in [5.74, 6) is 0.459. The SMILES string of the molecule is O=C1NC(S)Nc2[nH]ncc21. The van der Waals surface area contributed by atoms with E-state index in [0.717, 1.165) is 0 Å². The van der Waals surface area contributed by atoms with E-state index in [9.17, 15) is 4.79 Å². The maximum Gasteiger partial charge on any atom is 0.258 e. The zero-order chi connectivity index (χ0) is 7.84. The molecule has 0 aliphatic carbocycles. The lowest BCUT2D eigenvalue weighted by Crippen LogP contribution is -2.40. The molecule has 1 aliphatic heterocycles. The average molecular weight is 170 g/mol. The van der Waals surface area contributed by atoms with Crippen molar-refractivity contribution in [2.24, 2.45) is 0 Å². The highest BCUT2D eigenvalue weighted by Gasteiger charge is 2.22. The van der Waals surface area contributed by atoms with Gasteiger partial charge in [0.15, 0.2) is 0 Å². The molecule has 1 unspecified atom stereocenters. The van der Waals surface area contributed by atoms with Crippen LogP contribution in [0.2, 0.25) is 0 Å². The largest absolute Gasteiger partial charge is 0.341 e. The number of hydrogen-bond donors (Lipinski definition) is 4. The normalized spacial score (nSPS) is 21.9. The van der Waals surface area contributed by atoms with Crippen molar-refractivity contribution in [1.29, 1.82) is 0 Å². The Hall–Kier alpha value is -1.17. The van der Waals surface area contributed by atoms with Crippen LogP contribution in [-0.2, 0) is 0 Å². The lowest BCUT2D eigenvalue weighted by atomic mass is 10.3. The maximum atomic E-state index is 11.1. The van der Waals surface area contributed by atoms with Gasteiger partial charge in [-0.25, -0.2) is 0 Å². The molecule has 11 heavy (non-hydrogen) atoms. The Kier molecular flexibility index (Phi) is 1.28. The second-order valence-corrected chi connectivity index (χ2v) is 2.70. The highest BCUT2D eigenvalue weighted by Crippen LogP contribution is 2.16. The lowest BCUT2D eigenvalue weighted by molar-refractivity contribution is 0.0949. The van der Waals surface area contributed by atoms with E-state index in [1.165, 1.54) is 6.20 Å². The fourth-order valence-electron chi connectivity index (χ4n) is 0.943. The fraction of sp³-hybridized carbons (Fsp3) is 0.200. The molecule has 0 aromatic carbocycles. The lowest BCUT2D eigenvalue weighted by Gasteiger charge is -2.20. The molecule has 0 fully saturated rings. The van der Waals surface area contributed by atoms with Crippen LogP contribution in [0.5, 0.6) is 0 Å². The number of aromatic amines is 1. The number of fused-ring (bicyclic) bond motifs is 1. The molecule has 0 radical (unpaired) electrons. The molecule has 58 valence electrons. The average Bonchev–Trinajstić information content (AvgIpc) is 2.34. The van der Waals surface area contributed by atoms with Crippen LogP contribution in [-0.4, -0.2) is 21.6 Å². The van der Waals surface area contributed by atoms with Gasteiger partial charge in [-0.15, -0.1) is 12.6 Å². The summed E-state index contributed by atoms with van der Waals surface area (Å²) in [6.07, 6.45) is 1.47. The zero-order valence-electron chi connectivity index (χ0n) is 5.46. The third kappa shape index (κ3) is 0.949. The van der Waals surface area contributed by atoms with Gasteiger partial charge in [0, 0.05) is 0 Å². The Bertz CT molecular complexity index is 296. The molecule has 0 saturated heterocycles. The standard InChI is InChI=1S/C5H6N4OS/c10-4-2-1-6-9-3(2)7-5(11)8-4/h1,5,11H,(H,8,10)(H2,6,7,9). The summed E-state index contributed by atoms with van der Waals surface area (Å²) >= 11 is 4.03. The number of carbonyl (C=O) groups excluding carboxylic acids is 1. The van der Waals surface area contributed by atoms with Crippen LogP contribution in [0.3, 0.4) is 0 Å². The predicted octanol–water partition coefficient (Wildman–Crippen LogP) is -0.222.